The molecule has 2 unspecified atom stereocenters. The van der Waals surface area contributed by atoms with E-state index in [1.54, 1.807) is 6.92 Å². The second-order valence-electron chi connectivity index (χ2n) is 6.83. The number of hydrogen-bond acceptors (Lipinski definition) is 7. The Morgan fingerprint density at radius 1 is 1.36 bits per heavy atom. The van der Waals surface area contributed by atoms with Crippen LogP contribution in [-0.2, 0) is 29.6 Å². The van der Waals surface area contributed by atoms with Crippen LogP contribution < -0.4 is 13.8 Å². The van der Waals surface area contributed by atoms with Crippen LogP contribution >= 0.6 is 0 Å². The minimum Gasteiger partial charge on any atom is -0.492 e. The van der Waals surface area contributed by atoms with Crippen LogP contribution in [0.2, 0.25) is 0 Å². The summed E-state index contributed by atoms with van der Waals surface area (Å²) in [4.78, 5) is 12.1. The number of carbonyl (C=O) groups excluding carboxylic acids is 1. The number of amides is 1. The summed E-state index contributed by atoms with van der Waals surface area (Å²) in [5.41, 5.74) is -0.0182. The molecule has 0 spiro atoms. The van der Waals surface area contributed by atoms with Crippen molar-refractivity contribution in [1.29, 1.82) is 0 Å². The minimum absolute atomic E-state index is 0.0182. The van der Waals surface area contributed by atoms with Crippen LogP contribution in [0.25, 0.3) is 0 Å². The Hall–Kier alpha value is -1.69. The van der Waals surface area contributed by atoms with Gasteiger partial charge in [-0.15, -0.1) is 0 Å². The molecule has 3 rings (SSSR count). The number of hydrogen-bond donors (Lipinski definition) is 1. The molecule has 1 N–H and O–H groups in total. The van der Waals surface area contributed by atoms with Crippen LogP contribution in [0.15, 0.2) is 23.1 Å². The number of anilines is 1. The predicted molar refractivity (Wildman–Crippen MR) is 102 cm³/mol. The second kappa shape index (κ2) is 7.97. The van der Waals surface area contributed by atoms with E-state index in [-0.39, 0.29) is 41.3 Å². The summed E-state index contributed by atoms with van der Waals surface area (Å²) in [6.07, 6.45) is 1.44. The summed E-state index contributed by atoms with van der Waals surface area (Å²) < 4.78 is 64.4. The Morgan fingerprint density at radius 3 is 2.68 bits per heavy atom. The fourth-order valence-electron chi connectivity index (χ4n) is 3.28. The minimum atomic E-state index is -4.01. The van der Waals surface area contributed by atoms with Gasteiger partial charge in [0.1, 0.15) is 10.6 Å². The molecule has 28 heavy (non-hydrogen) atoms. The number of benzene rings is 1. The summed E-state index contributed by atoms with van der Waals surface area (Å²) in [6.45, 7) is 4.16. The van der Waals surface area contributed by atoms with E-state index in [1.807, 2.05) is 0 Å². The van der Waals surface area contributed by atoms with Gasteiger partial charge in [-0.1, -0.05) is 6.92 Å². The molecule has 2 fully saturated rings. The summed E-state index contributed by atoms with van der Waals surface area (Å²) in [5.74, 6) is -1.49. The Bertz CT molecular complexity index is 954. The van der Waals surface area contributed by atoms with Gasteiger partial charge >= 0.3 is 0 Å². The molecule has 2 saturated heterocycles. The van der Waals surface area contributed by atoms with Crippen molar-refractivity contribution in [3.63, 3.8) is 0 Å². The molecule has 11 heteroatoms. The highest BCUT2D eigenvalue weighted by Crippen LogP contribution is 2.34. The van der Waals surface area contributed by atoms with Crippen LogP contribution in [0.5, 0.6) is 5.75 Å². The number of sulfonamides is 2. The molecule has 1 aromatic carbocycles. The van der Waals surface area contributed by atoms with Crippen molar-refractivity contribution in [2.24, 2.45) is 5.92 Å². The van der Waals surface area contributed by atoms with E-state index in [2.05, 4.69) is 4.72 Å². The highest BCUT2D eigenvalue weighted by atomic mass is 32.2. The lowest BCUT2D eigenvalue weighted by atomic mass is 10.2. The predicted octanol–water partition coefficient (Wildman–Crippen LogP) is 0.855. The van der Waals surface area contributed by atoms with E-state index in [1.165, 1.54) is 19.1 Å². The number of ether oxygens (including phenoxy) is 2. The smallest absolute Gasteiger partial charge is 0.244 e. The van der Waals surface area contributed by atoms with Crippen molar-refractivity contribution in [2.45, 2.75) is 37.7 Å². The molecule has 0 aliphatic carbocycles. The standard InChI is InChI=1S/C17H24N2O7S2/c1-3-25-15-7-6-13(19-17(20)12(2)11-27(19,21)22)9-16(15)28(23,24)18-10-14-5-4-8-26-14/h6-7,9,12,14,18H,3-5,8,10-11H2,1-2H3. The van der Waals surface area contributed by atoms with Crippen LogP contribution in [0, 0.1) is 5.92 Å². The Balaban J connectivity index is 1.96. The molecular formula is C17H24N2O7S2. The van der Waals surface area contributed by atoms with Crippen molar-refractivity contribution in [3.8, 4) is 5.75 Å². The van der Waals surface area contributed by atoms with Crippen molar-refractivity contribution in [2.75, 3.05) is 29.8 Å². The van der Waals surface area contributed by atoms with Gasteiger partial charge in [-0.3, -0.25) is 4.79 Å². The molecule has 0 aromatic heterocycles. The lowest BCUT2D eigenvalue weighted by Crippen LogP contribution is -2.33. The van der Waals surface area contributed by atoms with Gasteiger partial charge in [-0.05, 0) is 38.0 Å². The first-order valence-electron chi connectivity index (χ1n) is 9.10. The van der Waals surface area contributed by atoms with Gasteiger partial charge in [-0.25, -0.2) is 25.9 Å². The van der Waals surface area contributed by atoms with Gasteiger partial charge in [0.15, 0.2) is 0 Å². The van der Waals surface area contributed by atoms with Crippen molar-refractivity contribution in [1.82, 2.24) is 4.72 Å². The summed E-state index contributed by atoms with van der Waals surface area (Å²) in [7, 11) is -7.85. The third-order valence-corrected chi connectivity index (χ3v) is 7.95. The summed E-state index contributed by atoms with van der Waals surface area (Å²) in [6, 6.07) is 3.90. The van der Waals surface area contributed by atoms with Crippen molar-refractivity contribution >= 4 is 31.6 Å². The third-order valence-electron chi connectivity index (χ3n) is 4.64. The van der Waals surface area contributed by atoms with Gasteiger partial charge in [0.05, 0.1) is 30.1 Å². The number of carbonyl (C=O) groups is 1. The van der Waals surface area contributed by atoms with E-state index in [0.29, 0.717) is 10.9 Å². The van der Waals surface area contributed by atoms with Crippen molar-refractivity contribution < 1.29 is 31.1 Å². The van der Waals surface area contributed by atoms with E-state index < -0.39 is 31.9 Å². The maximum absolute atomic E-state index is 12.9. The highest BCUT2D eigenvalue weighted by molar-refractivity contribution is 7.94. The molecule has 0 radical (unpaired) electrons. The van der Waals surface area contributed by atoms with Crippen molar-refractivity contribution in [3.05, 3.63) is 18.2 Å². The zero-order valence-electron chi connectivity index (χ0n) is 15.8. The Kier molecular flexibility index (Phi) is 5.99. The topological polar surface area (TPSA) is 119 Å². The molecule has 0 saturated carbocycles. The monoisotopic (exact) mass is 432 g/mol. The van der Waals surface area contributed by atoms with E-state index in [9.17, 15) is 21.6 Å². The first kappa shape index (κ1) is 21.0. The van der Waals surface area contributed by atoms with Gasteiger partial charge in [0, 0.05) is 13.2 Å². The molecule has 1 aromatic rings. The fourth-order valence-corrected chi connectivity index (χ4v) is 6.32. The maximum atomic E-state index is 12.9. The fraction of sp³-hybridized carbons (Fsp3) is 0.588. The zero-order valence-corrected chi connectivity index (χ0v) is 17.4. The zero-order chi connectivity index (χ0) is 20.5. The molecule has 2 heterocycles. The van der Waals surface area contributed by atoms with E-state index >= 15 is 0 Å². The lowest BCUT2D eigenvalue weighted by molar-refractivity contribution is -0.119. The average molecular weight is 433 g/mol. The molecular weight excluding hydrogens is 408 g/mol. The third kappa shape index (κ3) is 4.17. The maximum Gasteiger partial charge on any atom is 0.244 e. The Labute approximate surface area is 165 Å². The first-order chi connectivity index (χ1) is 13.2. The largest absolute Gasteiger partial charge is 0.492 e. The molecule has 1 amide bonds. The average Bonchev–Trinajstić information content (AvgIpc) is 3.20. The van der Waals surface area contributed by atoms with Crippen LogP contribution in [0.4, 0.5) is 5.69 Å². The molecule has 9 nitrogen and oxygen atoms in total. The number of rotatable bonds is 7. The lowest BCUT2D eigenvalue weighted by Gasteiger charge is -2.19. The normalized spacial score (nSPS) is 24.6. The van der Waals surface area contributed by atoms with Crippen LogP contribution in [0.3, 0.4) is 0 Å². The highest BCUT2D eigenvalue weighted by Gasteiger charge is 2.42. The Morgan fingerprint density at radius 2 is 2.11 bits per heavy atom. The second-order valence-corrected chi connectivity index (χ2v) is 10.4. The first-order valence-corrected chi connectivity index (χ1v) is 12.2. The van der Waals surface area contributed by atoms with E-state index in [4.69, 9.17) is 9.47 Å². The van der Waals surface area contributed by atoms with Gasteiger partial charge in [0.25, 0.3) is 0 Å². The molecule has 2 atom stereocenters. The van der Waals surface area contributed by atoms with Gasteiger partial charge < -0.3 is 9.47 Å². The number of nitrogens with one attached hydrogen (secondary N) is 1. The van der Waals surface area contributed by atoms with E-state index in [0.717, 1.165) is 18.9 Å². The van der Waals surface area contributed by atoms with Gasteiger partial charge in [-0.2, -0.15) is 0 Å². The van der Waals surface area contributed by atoms with Crippen LogP contribution in [0.1, 0.15) is 26.7 Å². The van der Waals surface area contributed by atoms with Crippen LogP contribution in [-0.4, -0.2) is 54.4 Å². The molecule has 156 valence electrons. The quantitative estimate of drug-likeness (QED) is 0.678. The summed E-state index contributed by atoms with van der Waals surface area (Å²) in [5, 5.41) is 0. The molecule has 2 aliphatic rings. The summed E-state index contributed by atoms with van der Waals surface area (Å²) >= 11 is 0. The number of nitrogens with zero attached hydrogens (tertiary/aromatic N) is 1. The van der Waals surface area contributed by atoms with Gasteiger partial charge in [0.2, 0.25) is 26.0 Å². The SMILES string of the molecule is CCOc1ccc(N2C(=O)C(C)CS2(=O)=O)cc1S(=O)(=O)NCC1CCCO1. The molecule has 0 bridgehead atoms. The molecule has 2 aliphatic heterocycles.